The molecule has 0 radical (unpaired) electrons. The van der Waals surface area contributed by atoms with E-state index in [0.717, 1.165) is 5.56 Å². The Morgan fingerprint density at radius 2 is 1.75 bits per heavy atom. The number of hydrogen-bond donors (Lipinski definition) is 2. The van der Waals surface area contributed by atoms with Gasteiger partial charge in [-0.25, -0.2) is 0 Å². The Kier molecular flexibility index (Phi) is 4.65. The van der Waals surface area contributed by atoms with Gasteiger partial charge in [-0.2, -0.15) is 0 Å². The molecule has 0 saturated heterocycles. The minimum Gasteiger partial charge on any atom is -0.486 e. The Morgan fingerprint density at radius 3 is 2.46 bits per heavy atom. The van der Waals surface area contributed by atoms with Crippen LogP contribution in [0.1, 0.15) is 17.2 Å². The zero-order valence-electron chi connectivity index (χ0n) is 13.0. The van der Waals surface area contributed by atoms with E-state index in [1.54, 1.807) is 42.5 Å². The maximum atomic E-state index is 12.3. The Hall–Kier alpha value is -3.02. The molecule has 0 saturated carbocycles. The van der Waals surface area contributed by atoms with Crippen LogP contribution in [0.25, 0.3) is 0 Å². The average Bonchev–Trinajstić information content (AvgIpc) is 2.60. The first-order valence-electron chi connectivity index (χ1n) is 7.65. The van der Waals surface area contributed by atoms with Crippen molar-refractivity contribution in [2.24, 2.45) is 5.73 Å². The summed E-state index contributed by atoms with van der Waals surface area (Å²) in [4.78, 5) is 23.9. The summed E-state index contributed by atoms with van der Waals surface area (Å²) in [5.41, 5.74) is 6.84. The number of nitrogens with two attached hydrogens (primary N) is 1. The molecular weight excluding hydrogens is 308 g/mol. The van der Waals surface area contributed by atoms with Gasteiger partial charge in [0.05, 0.1) is 6.42 Å². The molecule has 24 heavy (non-hydrogen) atoms. The van der Waals surface area contributed by atoms with Gasteiger partial charge in [0.25, 0.3) is 0 Å². The van der Waals surface area contributed by atoms with E-state index in [4.69, 9.17) is 15.2 Å². The Morgan fingerprint density at radius 1 is 1.04 bits per heavy atom. The number of rotatable bonds is 5. The highest BCUT2D eigenvalue weighted by molar-refractivity contribution is 5.88. The summed E-state index contributed by atoms with van der Waals surface area (Å²) < 4.78 is 11.0. The lowest BCUT2D eigenvalue weighted by Crippen LogP contribution is -2.38. The molecular formula is C18H18N2O4. The van der Waals surface area contributed by atoms with E-state index in [-0.39, 0.29) is 12.3 Å². The molecule has 3 N–H and O–H groups in total. The number of amides is 2. The summed E-state index contributed by atoms with van der Waals surface area (Å²) in [7, 11) is 0. The highest BCUT2D eigenvalue weighted by Crippen LogP contribution is 2.30. The lowest BCUT2D eigenvalue weighted by Gasteiger charge is -2.19. The molecule has 3 rings (SSSR count). The monoisotopic (exact) mass is 326 g/mol. The van der Waals surface area contributed by atoms with Crippen molar-refractivity contribution in [1.82, 2.24) is 5.32 Å². The lowest BCUT2D eigenvalue weighted by molar-refractivity contribution is -0.127. The Balaban J connectivity index is 1.69. The first-order chi connectivity index (χ1) is 11.6. The van der Waals surface area contributed by atoms with Crippen molar-refractivity contribution in [2.75, 3.05) is 13.2 Å². The van der Waals surface area contributed by atoms with Crippen LogP contribution in [-0.2, 0) is 16.0 Å². The second-order valence-electron chi connectivity index (χ2n) is 5.47. The topological polar surface area (TPSA) is 90.7 Å². The summed E-state index contributed by atoms with van der Waals surface area (Å²) in [6.07, 6.45) is 0.118. The quantitative estimate of drug-likeness (QED) is 0.867. The number of carbonyl (C=O) groups is 2. The van der Waals surface area contributed by atoms with E-state index in [0.29, 0.717) is 30.3 Å². The van der Waals surface area contributed by atoms with Crippen LogP contribution < -0.4 is 20.5 Å². The van der Waals surface area contributed by atoms with Gasteiger partial charge in [-0.15, -0.1) is 0 Å². The smallest absolute Gasteiger partial charge is 0.244 e. The van der Waals surface area contributed by atoms with Crippen LogP contribution in [-0.4, -0.2) is 25.0 Å². The summed E-state index contributed by atoms with van der Waals surface area (Å²) in [6, 6.07) is 13.4. The largest absolute Gasteiger partial charge is 0.486 e. The van der Waals surface area contributed by atoms with Gasteiger partial charge in [0.1, 0.15) is 19.3 Å². The molecule has 0 spiro atoms. The van der Waals surface area contributed by atoms with Crippen molar-refractivity contribution in [1.29, 1.82) is 0 Å². The van der Waals surface area contributed by atoms with E-state index in [1.165, 1.54) is 0 Å². The number of fused-ring (bicyclic) bond motifs is 1. The van der Waals surface area contributed by atoms with Crippen molar-refractivity contribution in [2.45, 2.75) is 12.5 Å². The summed E-state index contributed by atoms with van der Waals surface area (Å²) in [5, 5.41) is 2.68. The second kappa shape index (κ2) is 7.04. The predicted octanol–water partition coefficient (Wildman–Crippen LogP) is 1.34. The minimum absolute atomic E-state index is 0.118. The van der Waals surface area contributed by atoms with E-state index in [9.17, 15) is 9.59 Å². The normalized spacial score (nSPS) is 13.8. The first-order valence-corrected chi connectivity index (χ1v) is 7.65. The molecule has 2 amide bonds. The van der Waals surface area contributed by atoms with Crippen molar-refractivity contribution in [3.05, 3.63) is 59.7 Å². The molecule has 2 aromatic carbocycles. The van der Waals surface area contributed by atoms with Crippen molar-refractivity contribution in [3.8, 4) is 11.5 Å². The zero-order chi connectivity index (χ0) is 16.9. The van der Waals surface area contributed by atoms with Gasteiger partial charge < -0.3 is 20.5 Å². The number of hydrogen-bond acceptors (Lipinski definition) is 4. The molecule has 1 aliphatic rings. The van der Waals surface area contributed by atoms with Gasteiger partial charge in [-0.1, -0.05) is 36.4 Å². The van der Waals surface area contributed by atoms with Crippen molar-refractivity contribution < 1.29 is 19.1 Å². The molecule has 124 valence electrons. The van der Waals surface area contributed by atoms with E-state index < -0.39 is 11.9 Å². The molecule has 2 aromatic rings. The van der Waals surface area contributed by atoms with E-state index in [1.807, 2.05) is 6.07 Å². The van der Waals surface area contributed by atoms with Gasteiger partial charge in [-0.3, -0.25) is 9.59 Å². The third-order valence-electron chi connectivity index (χ3n) is 3.69. The van der Waals surface area contributed by atoms with Gasteiger partial charge in [-0.05, 0) is 23.3 Å². The highest BCUT2D eigenvalue weighted by atomic mass is 16.6. The van der Waals surface area contributed by atoms with Crippen LogP contribution in [0.15, 0.2) is 48.5 Å². The van der Waals surface area contributed by atoms with Crippen molar-refractivity contribution in [3.63, 3.8) is 0 Å². The van der Waals surface area contributed by atoms with Crippen LogP contribution in [0.2, 0.25) is 0 Å². The maximum Gasteiger partial charge on any atom is 0.244 e. The average molecular weight is 326 g/mol. The van der Waals surface area contributed by atoms with Crippen LogP contribution in [0.3, 0.4) is 0 Å². The summed E-state index contributed by atoms with van der Waals surface area (Å²) in [6.45, 7) is 1.00. The number of ether oxygens (including phenoxy) is 2. The minimum atomic E-state index is -0.851. The molecule has 6 nitrogen and oxygen atoms in total. The fourth-order valence-electron chi connectivity index (χ4n) is 2.56. The number of carbonyl (C=O) groups excluding carboxylic acids is 2. The summed E-state index contributed by atoms with van der Waals surface area (Å²) in [5.74, 6) is 0.404. The number of nitrogens with one attached hydrogen (secondary N) is 1. The first kappa shape index (κ1) is 15.9. The predicted molar refractivity (Wildman–Crippen MR) is 87.7 cm³/mol. The molecule has 0 aliphatic carbocycles. The molecule has 0 fully saturated rings. The van der Waals surface area contributed by atoms with Gasteiger partial charge in [0, 0.05) is 0 Å². The van der Waals surface area contributed by atoms with Crippen LogP contribution in [0, 0.1) is 0 Å². The fraction of sp³-hybridized carbons (Fsp3) is 0.222. The Bertz CT molecular complexity index is 746. The second-order valence-corrected chi connectivity index (χ2v) is 5.47. The highest BCUT2D eigenvalue weighted by Gasteiger charge is 2.20. The molecule has 1 atom stereocenters. The SMILES string of the molecule is NC(=O)[C@H](NC(=O)Cc1ccc2c(c1)OCCO2)c1ccccc1. The molecule has 6 heteroatoms. The molecule has 0 bridgehead atoms. The number of primary amides is 1. The lowest BCUT2D eigenvalue weighted by atomic mass is 10.1. The van der Waals surface area contributed by atoms with Gasteiger partial charge in [0.15, 0.2) is 11.5 Å². The van der Waals surface area contributed by atoms with E-state index in [2.05, 4.69) is 5.32 Å². The van der Waals surface area contributed by atoms with E-state index >= 15 is 0 Å². The molecule has 1 aliphatic heterocycles. The van der Waals surface area contributed by atoms with Crippen molar-refractivity contribution >= 4 is 11.8 Å². The molecule has 1 heterocycles. The van der Waals surface area contributed by atoms with Gasteiger partial charge >= 0.3 is 0 Å². The van der Waals surface area contributed by atoms with Crippen LogP contribution >= 0.6 is 0 Å². The standard InChI is InChI=1S/C18H18N2O4/c19-18(22)17(13-4-2-1-3-5-13)20-16(21)11-12-6-7-14-15(10-12)24-9-8-23-14/h1-7,10,17H,8-9,11H2,(H2,19,22)(H,20,21)/t17-/m1/s1. The Labute approximate surface area is 139 Å². The van der Waals surface area contributed by atoms with Gasteiger partial charge in [0.2, 0.25) is 11.8 Å². The van der Waals surface area contributed by atoms with Crippen LogP contribution in [0.4, 0.5) is 0 Å². The zero-order valence-corrected chi connectivity index (χ0v) is 13.0. The number of benzene rings is 2. The fourth-order valence-corrected chi connectivity index (χ4v) is 2.56. The summed E-state index contributed by atoms with van der Waals surface area (Å²) >= 11 is 0. The maximum absolute atomic E-state index is 12.3. The third-order valence-corrected chi connectivity index (χ3v) is 3.69. The molecule has 0 aromatic heterocycles. The third kappa shape index (κ3) is 3.65. The molecule has 0 unspecified atom stereocenters. The van der Waals surface area contributed by atoms with Crippen LogP contribution in [0.5, 0.6) is 11.5 Å².